The van der Waals surface area contributed by atoms with Gasteiger partial charge in [0.15, 0.2) is 23.1 Å². The number of hydrogen-bond acceptors (Lipinski definition) is 11. The van der Waals surface area contributed by atoms with Gasteiger partial charge in [-0.15, -0.1) is 0 Å². The zero-order valence-corrected chi connectivity index (χ0v) is 23.3. The Labute approximate surface area is 228 Å². The fraction of sp³-hybridized carbons (Fsp3) is 0.478. The van der Waals surface area contributed by atoms with E-state index in [1.165, 1.54) is 10.9 Å². The highest BCUT2D eigenvalue weighted by Crippen LogP contribution is 2.48. The highest BCUT2D eigenvalue weighted by atomic mass is 32.5. The molecule has 1 aromatic carbocycles. The van der Waals surface area contributed by atoms with Gasteiger partial charge in [0.2, 0.25) is 5.95 Å². The maximum atomic E-state index is 15.9. The van der Waals surface area contributed by atoms with Crippen molar-refractivity contribution in [3.05, 3.63) is 47.0 Å². The first-order valence-corrected chi connectivity index (χ1v) is 14.7. The van der Waals surface area contributed by atoms with E-state index in [1.54, 1.807) is 51.1 Å². The van der Waals surface area contributed by atoms with Crippen LogP contribution in [-0.2, 0) is 30.6 Å². The highest BCUT2D eigenvalue weighted by molar-refractivity contribution is 8.09. The number of carbonyl (C=O) groups is 1. The van der Waals surface area contributed by atoms with Crippen molar-refractivity contribution in [2.75, 3.05) is 12.3 Å². The van der Waals surface area contributed by atoms with Gasteiger partial charge in [-0.25, -0.2) is 14.5 Å². The maximum Gasteiger partial charge on any atom is 0.323 e. The predicted octanol–water partition coefficient (Wildman–Crippen LogP) is 1.94. The van der Waals surface area contributed by atoms with Crippen LogP contribution in [0.5, 0.6) is 5.75 Å². The number of esters is 1. The lowest BCUT2D eigenvalue weighted by Gasteiger charge is -2.28. The van der Waals surface area contributed by atoms with Crippen LogP contribution in [0.15, 0.2) is 41.5 Å². The summed E-state index contributed by atoms with van der Waals surface area (Å²) in [6.07, 6.45) is -3.50. The second-order valence-electron chi connectivity index (χ2n) is 9.43. The number of aromatic amines is 1. The third kappa shape index (κ3) is 6.29. The van der Waals surface area contributed by atoms with Crippen molar-refractivity contribution < 1.29 is 32.8 Å². The summed E-state index contributed by atoms with van der Waals surface area (Å²) in [5.74, 6) is -0.386. The zero-order chi connectivity index (χ0) is 28.5. The number of aromatic nitrogens is 4. The first kappa shape index (κ1) is 29.1. The van der Waals surface area contributed by atoms with Gasteiger partial charge in [-0.2, -0.15) is 4.98 Å². The number of hydrogen-bond donors (Lipinski definition) is 4. The number of benzene rings is 1. The molecule has 1 aliphatic heterocycles. The van der Waals surface area contributed by atoms with Gasteiger partial charge in [-0.3, -0.25) is 19.1 Å². The topological polar surface area (TPSA) is 176 Å². The molecule has 39 heavy (non-hydrogen) atoms. The van der Waals surface area contributed by atoms with Crippen LogP contribution in [0.25, 0.3) is 11.2 Å². The van der Waals surface area contributed by atoms with Gasteiger partial charge in [-0.05, 0) is 51.6 Å². The van der Waals surface area contributed by atoms with Gasteiger partial charge in [0, 0.05) is 0 Å². The number of nitrogens with zero attached hydrogens (tertiary/aromatic N) is 3. The van der Waals surface area contributed by atoms with Crippen LogP contribution in [0.2, 0.25) is 0 Å². The molecule has 0 amide bonds. The van der Waals surface area contributed by atoms with Gasteiger partial charge in [0.1, 0.15) is 24.0 Å². The average molecular weight is 585 g/mol. The Hall–Kier alpha value is -2.94. The number of ether oxygens (including phenoxy) is 2. The van der Waals surface area contributed by atoms with Crippen LogP contribution < -0.4 is 20.9 Å². The SMILES string of the molecule is CC(C)OC(=O)[C@@H](C)N[P@](=S)(OC[C@H]1O[C@@H](n2cnc3c(=O)[nH]c(N)nc32)[C@](C)(F)[C@@H]1O)Oc1ccccc1. The molecule has 4 rings (SSSR count). The molecule has 0 aliphatic carbocycles. The van der Waals surface area contributed by atoms with Crippen molar-refractivity contribution in [2.45, 2.75) is 63.9 Å². The number of rotatable bonds is 10. The molecule has 1 saturated heterocycles. The van der Waals surface area contributed by atoms with E-state index in [2.05, 4.69) is 20.0 Å². The molecule has 1 fully saturated rings. The Morgan fingerprint density at radius 3 is 2.74 bits per heavy atom. The number of anilines is 1. The number of imidazole rings is 1. The molecule has 212 valence electrons. The number of H-pyrrole nitrogens is 1. The Morgan fingerprint density at radius 2 is 2.08 bits per heavy atom. The minimum absolute atomic E-state index is 0.0180. The van der Waals surface area contributed by atoms with Gasteiger partial charge in [-0.1, -0.05) is 18.2 Å². The van der Waals surface area contributed by atoms with Crippen LogP contribution in [-0.4, -0.2) is 67.2 Å². The lowest BCUT2D eigenvalue weighted by atomic mass is 9.98. The highest BCUT2D eigenvalue weighted by Gasteiger charge is 2.55. The van der Waals surface area contributed by atoms with E-state index in [9.17, 15) is 14.7 Å². The number of nitrogens with two attached hydrogens (primary N) is 1. The Morgan fingerprint density at radius 1 is 1.38 bits per heavy atom. The molecule has 0 radical (unpaired) electrons. The van der Waals surface area contributed by atoms with Crippen LogP contribution in [0.1, 0.15) is 33.9 Å². The molecule has 0 saturated carbocycles. The fourth-order valence-electron chi connectivity index (χ4n) is 3.97. The third-order valence-electron chi connectivity index (χ3n) is 5.86. The Balaban J connectivity index is 1.56. The second kappa shape index (κ2) is 11.3. The van der Waals surface area contributed by atoms with Crippen LogP contribution in [0, 0.1) is 0 Å². The summed E-state index contributed by atoms with van der Waals surface area (Å²) in [6.45, 7) is 2.24. The van der Waals surface area contributed by atoms with Gasteiger partial charge < -0.3 is 29.4 Å². The summed E-state index contributed by atoms with van der Waals surface area (Å²) in [6, 6.07) is 7.66. The normalized spacial score (nSPS) is 25.5. The summed E-state index contributed by atoms with van der Waals surface area (Å²) in [4.78, 5) is 34.9. The van der Waals surface area contributed by atoms with E-state index >= 15 is 4.39 Å². The Bertz CT molecular complexity index is 1440. The van der Waals surface area contributed by atoms with Crippen molar-refractivity contribution >= 4 is 41.5 Å². The molecule has 13 nitrogen and oxygen atoms in total. The van der Waals surface area contributed by atoms with E-state index < -0.39 is 54.9 Å². The minimum Gasteiger partial charge on any atom is -0.462 e. The summed E-state index contributed by atoms with van der Waals surface area (Å²) in [5.41, 5.74) is 2.59. The number of fused-ring (bicyclic) bond motifs is 1. The monoisotopic (exact) mass is 584 g/mol. The largest absolute Gasteiger partial charge is 0.462 e. The summed E-state index contributed by atoms with van der Waals surface area (Å²) in [5, 5.41) is 13.7. The first-order chi connectivity index (χ1) is 18.3. The summed E-state index contributed by atoms with van der Waals surface area (Å²) < 4.78 is 40.0. The Kier molecular flexibility index (Phi) is 8.40. The number of alkyl halides is 1. The number of carbonyl (C=O) groups excluding carboxylic acids is 1. The minimum atomic E-state index is -3.47. The van der Waals surface area contributed by atoms with Gasteiger partial charge in [0.25, 0.3) is 5.56 Å². The lowest BCUT2D eigenvalue weighted by molar-refractivity contribution is -0.149. The predicted molar refractivity (Wildman–Crippen MR) is 143 cm³/mol. The second-order valence-corrected chi connectivity index (χ2v) is 12.6. The fourth-order valence-corrected chi connectivity index (χ4v) is 6.39. The molecule has 16 heteroatoms. The van der Waals surface area contributed by atoms with E-state index in [-0.39, 0.29) is 23.2 Å². The van der Waals surface area contributed by atoms with Crippen molar-refractivity contribution in [3.63, 3.8) is 0 Å². The first-order valence-electron chi connectivity index (χ1n) is 12.0. The van der Waals surface area contributed by atoms with E-state index in [0.29, 0.717) is 5.75 Å². The van der Waals surface area contributed by atoms with E-state index in [1.807, 2.05) is 0 Å². The molecule has 3 heterocycles. The van der Waals surface area contributed by atoms with Crippen molar-refractivity contribution in [2.24, 2.45) is 0 Å². The van der Waals surface area contributed by atoms with Crippen molar-refractivity contribution in [1.29, 1.82) is 0 Å². The van der Waals surface area contributed by atoms with Gasteiger partial charge >= 0.3 is 12.6 Å². The number of aliphatic hydroxyl groups excluding tert-OH is 1. The van der Waals surface area contributed by atoms with Gasteiger partial charge in [0.05, 0.1) is 19.0 Å². The molecule has 2 aromatic heterocycles. The molecule has 3 aromatic rings. The third-order valence-corrected chi connectivity index (χ3v) is 8.35. The molecular formula is C23H30FN6O7PS. The summed E-state index contributed by atoms with van der Waals surface area (Å²) >= 11 is 5.66. The quantitative estimate of drug-likeness (QED) is 0.202. The standard InChI is InChI=1S/C23H30FN6O7PS/c1-12(2)35-20(33)13(3)29-38(39,37-14-8-6-5-7-9-14)34-10-15-17(31)23(4,24)21(36-15)30-11-26-16-18(30)27-22(25)28-19(16)32/h5-9,11-13,15,17,21,31H,10H2,1-4H3,(H,29,39)(H3,25,27,28,32)/t13-,15-,17-,21-,23-,38+/m1/s1. The molecule has 6 atom stereocenters. The molecule has 0 bridgehead atoms. The van der Waals surface area contributed by atoms with Crippen molar-refractivity contribution in [3.8, 4) is 5.75 Å². The van der Waals surface area contributed by atoms with Crippen LogP contribution >= 0.6 is 6.64 Å². The van der Waals surface area contributed by atoms with E-state index in [4.69, 9.17) is 36.1 Å². The average Bonchev–Trinajstić information content (AvgIpc) is 3.36. The number of nitrogen functional groups attached to an aromatic ring is 1. The molecule has 0 spiro atoms. The number of halogens is 1. The number of para-hydroxylation sites is 1. The maximum absolute atomic E-state index is 15.9. The van der Waals surface area contributed by atoms with Crippen LogP contribution in [0.3, 0.4) is 0 Å². The molecule has 5 N–H and O–H groups in total. The summed E-state index contributed by atoms with van der Waals surface area (Å²) in [7, 11) is 0. The van der Waals surface area contributed by atoms with E-state index in [0.717, 1.165) is 6.92 Å². The molecule has 1 aliphatic rings. The molecular weight excluding hydrogens is 554 g/mol. The lowest BCUT2D eigenvalue weighted by Crippen LogP contribution is -2.41. The number of aliphatic hydroxyl groups is 1. The van der Waals surface area contributed by atoms with Crippen LogP contribution in [0.4, 0.5) is 10.3 Å². The molecule has 0 unspecified atom stereocenters. The van der Waals surface area contributed by atoms with Crippen molar-refractivity contribution in [1.82, 2.24) is 24.6 Å². The number of nitrogens with one attached hydrogen (secondary N) is 2. The smallest absolute Gasteiger partial charge is 0.323 e. The zero-order valence-electron chi connectivity index (χ0n) is 21.6.